The summed E-state index contributed by atoms with van der Waals surface area (Å²) in [5.41, 5.74) is 3.48. The Balaban J connectivity index is -0.000000444. The first-order valence-electron chi connectivity index (χ1n) is 42.6. The highest BCUT2D eigenvalue weighted by Gasteiger charge is 2.35. The van der Waals surface area contributed by atoms with E-state index in [1.807, 2.05) is 62.3 Å². The number of ether oxygens (including phenoxy) is 11. The highest BCUT2D eigenvalue weighted by molar-refractivity contribution is 8.13. The zero-order valence-corrected chi connectivity index (χ0v) is 80.2. The number of amides is 5. The maximum Gasteiger partial charge on any atom is 0.446 e. The highest BCUT2D eigenvalue weighted by atomic mass is 35.7. The van der Waals surface area contributed by atoms with Crippen molar-refractivity contribution in [3.63, 3.8) is 0 Å². The Morgan fingerprint density at radius 2 is 0.772 bits per heavy atom. The van der Waals surface area contributed by atoms with Gasteiger partial charge in [-0.3, -0.25) is 28.5 Å². The minimum atomic E-state index is -4.64. The predicted molar refractivity (Wildman–Crippen MR) is 486 cm³/mol. The van der Waals surface area contributed by atoms with Crippen LogP contribution in [0, 0.1) is 0 Å². The Bertz CT molecular complexity index is 3550. The molecule has 10 aliphatic rings. The van der Waals surface area contributed by atoms with Gasteiger partial charge in [0.1, 0.15) is 28.0 Å². The van der Waals surface area contributed by atoms with Gasteiger partial charge in [-0.2, -0.15) is 21.6 Å². The summed E-state index contributed by atoms with van der Waals surface area (Å²) in [5, 5.41) is 15.0. The number of carbonyl (C=O) groups is 9. The van der Waals surface area contributed by atoms with E-state index < -0.39 is 65.7 Å². The van der Waals surface area contributed by atoms with Crippen LogP contribution in [0.5, 0.6) is 0 Å². The molecule has 10 heterocycles. The lowest BCUT2D eigenvalue weighted by Gasteiger charge is -2.36. The monoisotopic (exact) mass is 1890 g/mol. The van der Waals surface area contributed by atoms with Crippen molar-refractivity contribution >= 4 is 84.3 Å². The Hall–Kier alpha value is -7.35. The molecule has 0 aromatic carbocycles. The van der Waals surface area contributed by atoms with E-state index in [2.05, 4.69) is 58.8 Å². The van der Waals surface area contributed by atoms with Crippen LogP contribution in [-0.2, 0) is 94.6 Å². The van der Waals surface area contributed by atoms with Crippen LogP contribution < -0.4 is 10.6 Å². The van der Waals surface area contributed by atoms with Crippen molar-refractivity contribution in [3.05, 3.63) is 70.9 Å². The number of rotatable bonds is 12. The molecule has 0 aromatic heterocycles. The van der Waals surface area contributed by atoms with Crippen LogP contribution >= 0.6 is 10.7 Å². The first kappa shape index (κ1) is 124. The third-order valence-corrected chi connectivity index (χ3v) is 15.8. The van der Waals surface area contributed by atoms with Gasteiger partial charge in [-0.1, -0.05) is 73.4 Å². The standard InChI is InChI=1S/C14H24N2O3.C12H19NO4.C11H19NO5S.C10H17NO3.C9H16N2O.C8H13NO3.C5H8O2.C4H9NO.C4H8O.C2HF3O.2C2H6.CH3ClO2S.2CH4/c1-14(2,3)19-13(17)16-10-12(11-16)4-5-15-6-8-18-9-7-15;1-5-16-10(14)6-9-7-13(8-9)11(15)17-12(2,3)4;1-11(2,3)17-10(13)12-7-9(8-12)5-6-16-18(4,14)15;1-10(2,3)14-9(13)11-6-8(7-11)4-5-12;1(9-7-10-8-9)2-11-3-5-12-6-4-11;1-8(2,3)12-7(11)9-4-6(10)5-9;1-3-5(6)7-4-2;1-3-6-4-2-5-1;1-2-4-5-3-1;3-2(4,5)1-6;2*1-2;1-5(2,3)4;;/h4H,5-11H2,1-3H3;6H,5,7-8H2,1-4H3;5H,6-8H2,1-4H3;4,12H,5-7H2,1-3H3;1,10H,2-8H2;4-5H2,1-3H3;3H,1,4H2,2H3;5H,1-4H2;1-4H2;1H;2*1-2H3;1H3;2*1H4/i;;;;;;;;;;2*1D;;;. The number of halogens is 4. The van der Waals surface area contributed by atoms with Crippen LogP contribution in [0.15, 0.2) is 70.9 Å². The van der Waals surface area contributed by atoms with Crippen LogP contribution in [0.4, 0.5) is 37.1 Å². The summed E-state index contributed by atoms with van der Waals surface area (Å²) in [6.45, 7) is 62.1. The topological polar surface area (TPSA) is 400 Å². The maximum atomic E-state index is 11.7. The summed E-state index contributed by atoms with van der Waals surface area (Å²) in [5.74, 6) is -0.630. The van der Waals surface area contributed by atoms with Gasteiger partial charge in [-0.15, -0.1) is 0 Å². The SMILES string of the molecule is C.C.C(CN1CCOCC1)=C1CNC1.C1CCOC1.C1COCCN1.C=CC(=O)OCC.CC(C)(C)OC(=O)N1CC(=CCN2CCOCC2)C1.CC(C)(C)OC(=O)N1CC(=CCO)C1.CC(C)(C)OC(=O)N1CC(=CCOS(C)(=O)=O)C1.CC(C)(C)OC(=O)N1CC(=O)C1.CCOC(=O)C=C1CN(C(=O)OC(C)(C)C)C1.CS(=O)(=O)Cl.O=CC(F)(F)F.[2H]CC.[2H]CC. The number of morpholine rings is 3. The fourth-order valence-corrected chi connectivity index (χ4v) is 9.71. The van der Waals surface area contributed by atoms with E-state index >= 15 is 0 Å². The smallest absolute Gasteiger partial charge is 0.446 e. The molecule has 0 spiro atoms. The van der Waals surface area contributed by atoms with Crippen LogP contribution in [0.2, 0.25) is 0 Å². The summed E-state index contributed by atoms with van der Waals surface area (Å²) in [6.07, 6.45) is 7.72. The van der Waals surface area contributed by atoms with E-state index in [9.17, 15) is 68.4 Å². The number of aliphatic hydroxyl groups is 1. The van der Waals surface area contributed by atoms with Gasteiger partial charge in [0.15, 0.2) is 5.78 Å². The second-order valence-electron chi connectivity index (χ2n) is 32.8. The highest BCUT2D eigenvalue weighted by Crippen LogP contribution is 2.24. The quantitative estimate of drug-likeness (QED) is 0.0311. The van der Waals surface area contributed by atoms with Gasteiger partial charge in [0.05, 0.1) is 91.7 Å². The van der Waals surface area contributed by atoms with E-state index in [1.165, 1.54) is 39.2 Å². The Kier molecular flexibility index (Phi) is 66.1. The molecule has 127 heavy (non-hydrogen) atoms. The number of likely N-dealkylation sites (tertiary alicyclic amines) is 5. The van der Waals surface area contributed by atoms with Crippen molar-refractivity contribution in [2.24, 2.45) is 0 Å². The molecule has 0 unspecified atom stereocenters. The number of esters is 2. The molecule has 10 rings (SSSR count). The molecule has 0 bridgehead atoms. The summed E-state index contributed by atoms with van der Waals surface area (Å²) in [6, 6.07) is 0. The molecule has 35 nitrogen and oxygen atoms in total. The lowest BCUT2D eigenvalue weighted by Crippen LogP contribution is -2.52. The Morgan fingerprint density at radius 1 is 0.488 bits per heavy atom. The maximum absolute atomic E-state index is 11.7. The van der Waals surface area contributed by atoms with Crippen molar-refractivity contribution in [2.45, 2.75) is 207 Å². The average Bonchev–Trinajstić information content (AvgIpc) is 1.02. The van der Waals surface area contributed by atoms with Crippen molar-refractivity contribution < 1.29 is 137 Å². The molecule has 742 valence electrons. The number of nitrogens with one attached hydrogen (secondary N) is 2. The first-order valence-corrected chi connectivity index (χ1v) is 45.7. The molecule has 0 aromatic rings. The van der Waals surface area contributed by atoms with Crippen molar-refractivity contribution in [1.29, 1.82) is 0 Å². The number of hydrogen-bond donors (Lipinski definition) is 3. The summed E-state index contributed by atoms with van der Waals surface area (Å²) < 4.78 is 144. The molecule has 10 saturated heterocycles. The normalized spacial score (nSPS) is 17.0. The number of aldehydes is 1. The number of nitrogens with zero attached hydrogens (tertiary/aromatic N) is 7. The zero-order chi connectivity index (χ0) is 97.9. The number of Topliss-reactive ketones (excluding diaryl/α,β-unsaturated/α-hetero) is 1. The summed E-state index contributed by atoms with van der Waals surface area (Å²) >= 11 is 0. The van der Waals surface area contributed by atoms with Gasteiger partial charge in [-0.05, 0) is 158 Å². The fraction of sp³-hybridized carbons (Fsp3) is 0.756. The van der Waals surface area contributed by atoms with Crippen LogP contribution in [0.1, 0.15) is 176 Å². The van der Waals surface area contributed by atoms with Crippen LogP contribution in [0.25, 0.3) is 0 Å². The molecule has 10 aliphatic heterocycles. The molecule has 3 N–H and O–H groups in total. The second-order valence-corrected chi connectivity index (χ2v) is 37.5. The van der Waals surface area contributed by atoms with Gasteiger partial charge >= 0.3 is 48.6 Å². The molecule has 10 fully saturated rings. The number of carbonyl (C=O) groups excluding carboxylic acids is 9. The van der Waals surface area contributed by atoms with E-state index in [0.717, 1.165) is 154 Å². The largest absolute Gasteiger partial charge is 0.463 e. The Labute approximate surface area is 763 Å². The lowest BCUT2D eigenvalue weighted by molar-refractivity contribution is -0.156. The van der Waals surface area contributed by atoms with Crippen LogP contribution in [-0.4, -0.2) is 368 Å². The second kappa shape index (κ2) is 67.8. The van der Waals surface area contributed by atoms with Crippen molar-refractivity contribution in [1.82, 2.24) is 44.9 Å². The minimum Gasteiger partial charge on any atom is -0.463 e. The summed E-state index contributed by atoms with van der Waals surface area (Å²) in [7, 11) is -2.10. The summed E-state index contributed by atoms with van der Waals surface area (Å²) in [4.78, 5) is 110. The molecule has 0 atom stereocenters. The molecule has 0 saturated carbocycles. The lowest BCUT2D eigenvalue weighted by atomic mass is 10.1. The van der Waals surface area contributed by atoms with Gasteiger partial charge < -0.3 is 87.4 Å². The minimum absolute atomic E-state index is 0. The predicted octanol–water partition coefficient (Wildman–Crippen LogP) is 11.6. The molecule has 0 aliphatic carbocycles. The number of hydrogen-bond acceptors (Lipinski definition) is 30. The first-order chi connectivity index (χ1) is 58.8. The molecular formula is C86H157ClF3N9O26S2. The fourth-order valence-electron chi connectivity index (χ4n) is 9.39. The third kappa shape index (κ3) is 76.1. The Morgan fingerprint density at radius 3 is 1.00 bits per heavy atom. The number of alkyl halides is 3. The van der Waals surface area contributed by atoms with Gasteiger partial charge in [0.2, 0.25) is 15.3 Å². The van der Waals surface area contributed by atoms with E-state index in [1.54, 1.807) is 96.8 Å². The third-order valence-electron chi connectivity index (χ3n) is 15.2. The van der Waals surface area contributed by atoms with Crippen LogP contribution in [0.3, 0.4) is 0 Å². The van der Waals surface area contributed by atoms with Gasteiger partial charge in [0, 0.05) is 157 Å². The van der Waals surface area contributed by atoms with Gasteiger partial charge in [0.25, 0.3) is 10.1 Å². The molecule has 0 radical (unpaired) electrons. The average molecular weight is 1890 g/mol. The molecule has 41 heteroatoms. The number of ketones is 1. The zero-order valence-electron chi connectivity index (χ0n) is 79.8. The van der Waals surface area contributed by atoms with E-state index in [0.29, 0.717) is 79.4 Å². The van der Waals surface area contributed by atoms with Crippen molar-refractivity contribution in [3.8, 4) is 0 Å². The molecular weight excluding hydrogens is 1730 g/mol. The van der Waals surface area contributed by atoms with E-state index in [4.69, 9.17) is 60.0 Å². The van der Waals surface area contributed by atoms with E-state index in [-0.39, 0.29) is 83.3 Å². The van der Waals surface area contributed by atoms with Gasteiger partial charge in [-0.25, -0.2) is 42.0 Å². The molecule has 5 amide bonds. The number of aliphatic hydroxyl groups excluding tert-OH is 1. The van der Waals surface area contributed by atoms with Crippen molar-refractivity contribution in [2.75, 3.05) is 223 Å².